The van der Waals surface area contributed by atoms with Gasteiger partial charge in [0.15, 0.2) is 0 Å². The monoisotopic (exact) mass is 268 g/mol. The second-order valence-corrected chi connectivity index (χ2v) is 4.62. The summed E-state index contributed by atoms with van der Waals surface area (Å²) in [6, 6.07) is 7.00. The number of aromatic amines is 1. The van der Waals surface area contributed by atoms with Crippen molar-refractivity contribution >= 4 is 23.2 Å². The molecular weight excluding hydrogens is 259 g/mol. The Morgan fingerprint density at radius 1 is 1.24 bits per heavy atom. The van der Waals surface area contributed by atoms with E-state index in [1.807, 2.05) is 13.0 Å². The molecule has 3 nitrogen and oxygen atoms in total. The van der Waals surface area contributed by atoms with Crippen LogP contribution in [0.4, 0.5) is 0 Å². The molecule has 0 aliphatic heterocycles. The number of halogens is 2. The van der Waals surface area contributed by atoms with Gasteiger partial charge in [0.25, 0.3) is 5.56 Å². The van der Waals surface area contributed by atoms with Gasteiger partial charge in [-0.15, -0.1) is 0 Å². The average molecular weight is 269 g/mol. The molecule has 0 atom stereocenters. The van der Waals surface area contributed by atoms with Crippen LogP contribution in [-0.4, -0.2) is 10.2 Å². The molecule has 1 aromatic carbocycles. The van der Waals surface area contributed by atoms with Crippen LogP contribution in [0.1, 0.15) is 16.8 Å². The van der Waals surface area contributed by atoms with Gasteiger partial charge in [0.2, 0.25) is 0 Å². The van der Waals surface area contributed by atoms with Crippen molar-refractivity contribution in [1.29, 1.82) is 0 Å². The van der Waals surface area contributed by atoms with E-state index in [0.29, 0.717) is 22.0 Å². The molecule has 17 heavy (non-hydrogen) atoms. The standard InChI is InChI=1S/C12H10Cl2N2O/c1-7-4-9(12(17)16-15-7)5-8-2-3-10(13)6-11(8)14/h2-4,6H,5H2,1H3,(H,16,17). The van der Waals surface area contributed by atoms with E-state index in [1.165, 1.54) is 0 Å². The normalized spacial score (nSPS) is 10.5. The van der Waals surface area contributed by atoms with Crippen LogP contribution in [0.25, 0.3) is 0 Å². The van der Waals surface area contributed by atoms with Crippen molar-refractivity contribution in [3.05, 3.63) is 61.5 Å². The molecular formula is C12H10Cl2N2O. The summed E-state index contributed by atoms with van der Waals surface area (Å²) in [5, 5.41) is 7.41. The second kappa shape index (κ2) is 4.90. The molecule has 0 aliphatic carbocycles. The number of hydrogen-bond donors (Lipinski definition) is 1. The summed E-state index contributed by atoms with van der Waals surface area (Å²) >= 11 is 11.9. The average Bonchev–Trinajstić information content (AvgIpc) is 2.27. The lowest BCUT2D eigenvalue weighted by molar-refractivity contribution is 0.913. The highest BCUT2D eigenvalue weighted by atomic mass is 35.5. The van der Waals surface area contributed by atoms with Gasteiger partial charge in [0, 0.05) is 22.0 Å². The highest BCUT2D eigenvalue weighted by Gasteiger charge is 2.06. The second-order valence-electron chi connectivity index (χ2n) is 3.78. The van der Waals surface area contributed by atoms with Crippen LogP contribution in [0.5, 0.6) is 0 Å². The van der Waals surface area contributed by atoms with Crippen LogP contribution in [-0.2, 0) is 6.42 Å². The Balaban J connectivity index is 2.38. The topological polar surface area (TPSA) is 45.8 Å². The Morgan fingerprint density at radius 2 is 2.00 bits per heavy atom. The molecule has 0 fully saturated rings. The number of nitrogens with one attached hydrogen (secondary N) is 1. The van der Waals surface area contributed by atoms with E-state index >= 15 is 0 Å². The maximum atomic E-state index is 11.6. The van der Waals surface area contributed by atoms with Crippen molar-refractivity contribution in [1.82, 2.24) is 10.2 Å². The minimum absolute atomic E-state index is 0.193. The molecule has 0 unspecified atom stereocenters. The van der Waals surface area contributed by atoms with Crippen molar-refractivity contribution in [2.75, 3.05) is 0 Å². The van der Waals surface area contributed by atoms with Gasteiger partial charge in [0.05, 0.1) is 5.69 Å². The minimum Gasteiger partial charge on any atom is -0.268 e. The van der Waals surface area contributed by atoms with Crippen molar-refractivity contribution in [3.63, 3.8) is 0 Å². The Labute approximate surface area is 108 Å². The number of aromatic nitrogens is 2. The molecule has 1 heterocycles. The van der Waals surface area contributed by atoms with E-state index in [1.54, 1.807) is 18.2 Å². The molecule has 88 valence electrons. The van der Waals surface area contributed by atoms with Crippen molar-refractivity contribution < 1.29 is 0 Å². The largest absolute Gasteiger partial charge is 0.268 e. The fourth-order valence-electron chi connectivity index (χ4n) is 1.56. The first-order valence-electron chi connectivity index (χ1n) is 5.05. The summed E-state index contributed by atoms with van der Waals surface area (Å²) in [5.41, 5.74) is 2.08. The smallest absolute Gasteiger partial charge is 0.267 e. The van der Waals surface area contributed by atoms with Crippen LogP contribution in [0.3, 0.4) is 0 Å². The van der Waals surface area contributed by atoms with Gasteiger partial charge < -0.3 is 0 Å². The van der Waals surface area contributed by atoms with Crippen molar-refractivity contribution in [2.24, 2.45) is 0 Å². The molecule has 2 rings (SSSR count). The minimum atomic E-state index is -0.193. The van der Waals surface area contributed by atoms with Gasteiger partial charge in [-0.1, -0.05) is 29.3 Å². The van der Waals surface area contributed by atoms with E-state index in [9.17, 15) is 4.79 Å². The summed E-state index contributed by atoms with van der Waals surface area (Å²) in [7, 11) is 0. The Bertz CT molecular complexity index is 608. The molecule has 0 aliphatic rings. The summed E-state index contributed by atoms with van der Waals surface area (Å²) in [4.78, 5) is 11.6. The van der Waals surface area contributed by atoms with Gasteiger partial charge in [0.1, 0.15) is 0 Å². The third-order valence-electron chi connectivity index (χ3n) is 2.40. The van der Waals surface area contributed by atoms with Crippen LogP contribution in [0.2, 0.25) is 10.0 Å². The van der Waals surface area contributed by atoms with Gasteiger partial charge in [-0.05, 0) is 30.7 Å². The number of aryl methyl sites for hydroxylation is 1. The first-order chi connectivity index (χ1) is 8.06. The number of H-pyrrole nitrogens is 1. The molecule has 1 N–H and O–H groups in total. The molecule has 0 saturated carbocycles. The maximum absolute atomic E-state index is 11.6. The fourth-order valence-corrected chi connectivity index (χ4v) is 2.04. The summed E-state index contributed by atoms with van der Waals surface area (Å²) in [6.45, 7) is 1.82. The lowest BCUT2D eigenvalue weighted by Gasteiger charge is -2.04. The zero-order valence-electron chi connectivity index (χ0n) is 9.13. The Hall–Kier alpha value is -1.32. The highest BCUT2D eigenvalue weighted by Crippen LogP contribution is 2.22. The molecule has 0 spiro atoms. The van der Waals surface area contributed by atoms with Crippen LogP contribution in [0.15, 0.2) is 29.1 Å². The summed E-state index contributed by atoms with van der Waals surface area (Å²) in [6.07, 6.45) is 0.467. The van der Waals surface area contributed by atoms with Crippen molar-refractivity contribution in [3.8, 4) is 0 Å². The van der Waals surface area contributed by atoms with Crippen LogP contribution in [0, 0.1) is 6.92 Å². The molecule has 2 aromatic rings. The third kappa shape index (κ3) is 2.87. The zero-order valence-corrected chi connectivity index (χ0v) is 10.6. The number of rotatable bonds is 2. The number of benzene rings is 1. The molecule has 0 bridgehead atoms. The summed E-state index contributed by atoms with van der Waals surface area (Å²) in [5.74, 6) is 0. The van der Waals surface area contributed by atoms with E-state index in [-0.39, 0.29) is 5.56 Å². The highest BCUT2D eigenvalue weighted by molar-refractivity contribution is 6.35. The van der Waals surface area contributed by atoms with Crippen molar-refractivity contribution in [2.45, 2.75) is 13.3 Å². The lowest BCUT2D eigenvalue weighted by atomic mass is 10.1. The first kappa shape index (κ1) is 12.1. The lowest BCUT2D eigenvalue weighted by Crippen LogP contribution is -2.15. The number of hydrogen-bond acceptors (Lipinski definition) is 2. The Morgan fingerprint density at radius 3 is 2.71 bits per heavy atom. The van der Waals surface area contributed by atoms with Gasteiger partial charge in [-0.25, -0.2) is 5.10 Å². The maximum Gasteiger partial charge on any atom is 0.267 e. The predicted molar refractivity (Wildman–Crippen MR) is 68.9 cm³/mol. The van der Waals surface area contributed by atoms with Gasteiger partial charge >= 0.3 is 0 Å². The van der Waals surface area contributed by atoms with E-state index < -0.39 is 0 Å². The van der Waals surface area contributed by atoms with Crippen LogP contribution < -0.4 is 5.56 Å². The third-order valence-corrected chi connectivity index (χ3v) is 2.99. The SMILES string of the molecule is Cc1cc(Cc2ccc(Cl)cc2Cl)c(=O)[nH]n1. The zero-order chi connectivity index (χ0) is 12.4. The first-order valence-corrected chi connectivity index (χ1v) is 5.81. The molecule has 0 amide bonds. The Kier molecular flexibility index (Phi) is 3.50. The number of nitrogens with zero attached hydrogens (tertiary/aromatic N) is 1. The molecule has 0 saturated heterocycles. The van der Waals surface area contributed by atoms with E-state index in [2.05, 4.69) is 10.2 Å². The van der Waals surface area contributed by atoms with Crippen LogP contribution >= 0.6 is 23.2 Å². The molecule has 5 heteroatoms. The summed E-state index contributed by atoms with van der Waals surface area (Å²) < 4.78 is 0. The van der Waals surface area contributed by atoms with Gasteiger partial charge in [-0.3, -0.25) is 4.79 Å². The van der Waals surface area contributed by atoms with Gasteiger partial charge in [-0.2, -0.15) is 5.10 Å². The predicted octanol–water partition coefficient (Wildman–Crippen LogP) is 2.98. The van der Waals surface area contributed by atoms with E-state index in [4.69, 9.17) is 23.2 Å². The quantitative estimate of drug-likeness (QED) is 0.910. The molecule has 0 radical (unpaired) electrons. The molecule has 1 aromatic heterocycles. The fraction of sp³-hybridized carbons (Fsp3) is 0.167. The van der Waals surface area contributed by atoms with E-state index in [0.717, 1.165) is 11.3 Å².